The van der Waals surface area contributed by atoms with Crippen LogP contribution in [-0.4, -0.2) is 10.1 Å². The second-order valence-corrected chi connectivity index (χ2v) is 8.50. The van der Waals surface area contributed by atoms with Gasteiger partial charge >= 0.3 is 0 Å². The van der Waals surface area contributed by atoms with Crippen molar-refractivity contribution < 1.29 is 9.53 Å². The minimum absolute atomic E-state index is 0.0129. The molecule has 4 rings (SSSR count). The second kappa shape index (κ2) is 7.01. The molecule has 2 nitrogen and oxygen atoms in total. The van der Waals surface area contributed by atoms with Crippen LogP contribution in [0.5, 0.6) is 5.75 Å². The summed E-state index contributed by atoms with van der Waals surface area (Å²) in [4.78, 5) is 13.3. The van der Waals surface area contributed by atoms with Crippen molar-refractivity contribution in [2.24, 2.45) is 0 Å². The van der Waals surface area contributed by atoms with Crippen molar-refractivity contribution in [1.82, 2.24) is 0 Å². The highest BCUT2D eigenvalue weighted by Crippen LogP contribution is 2.55. The van der Waals surface area contributed by atoms with Crippen molar-refractivity contribution in [3.8, 4) is 5.75 Å². The first-order valence-electron chi connectivity index (χ1n) is 8.35. The monoisotopic (exact) mass is 470 g/mol. The Morgan fingerprint density at radius 2 is 1.42 bits per heavy atom. The standard InChI is InChI=1S/C22H16Br2O2/c23-19(15-9-3-1-4-10-15)22(24)20(25)17-13-7-8-14-18(17)26-21(22)16-11-5-2-6-12-16/h1-14,19,21H/t19-,21+,22+/m1/s1. The zero-order chi connectivity index (χ0) is 18.1. The van der Waals surface area contributed by atoms with Crippen LogP contribution in [0.2, 0.25) is 0 Å². The summed E-state index contributed by atoms with van der Waals surface area (Å²) in [7, 11) is 0. The van der Waals surface area contributed by atoms with Gasteiger partial charge in [-0.25, -0.2) is 0 Å². The number of hydrogen-bond donors (Lipinski definition) is 0. The Bertz CT molecular complexity index is 927. The summed E-state index contributed by atoms with van der Waals surface area (Å²) in [6.07, 6.45) is -0.462. The fourth-order valence-corrected chi connectivity index (χ4v) is 4.94. The molecule has 0 bridgehead atoms. The van der Waals surface area contributed by atoms with Crippen LogP contribution in [0.3, 0.4) is 0 Å². The third-order valence-corrected chi connectivity index (χ3v) is 7.77. The van der Waals surface area contributed by atoms with Gasteiger partial charge in [0.15, 0.2) is 5.78 Å². The van der Waals surface area contributed by atoms with Crippen molar-refractivity contribution in [2.75, 3.05) is 0 Å². The number of ketones is 1. The lowest BCUT2D eigenvalue weighted by molar-refractivity contribution is 0.0739. The highest BCUT2D eigenvalue weighted by molar-refractivity contribution is 9.12. The summed E-state index contributed by atoms with van der Waals surface area (Å²) in [5.74, 6) is 0.633. The topological polar surface area (TPSA) is 26.3 Å². The van der Waals surface area contributed by atoms with Crippen LogP contribution in [0.1, 0.15) is 32.4 Å². The van der Waals surface area contributed by atoms with E-state index in [-0.39, 0.29) is 10.6 Å². The molecule has 0 unspecified atom stereocenters. The van der Waals surface area contributed by atoms with Gasteiger partial charge < -0.3 is 4.74 Å². The maximum Gasteiger partial charge on any atom is 0.188 e. The van der Waals surface area contributed by atoms with E-state index in [2.05, 4.69) is 31.9 Å². The van der Waals surface area contributed by atoms with E-state index >= 15 is 0 Å². The van der Waals surface area contributed by atoms with Gasteiger partial charge in [0.2, 0.25) is 0 Å². The fraction of sp³-hybridized carbons (Fsp3) is 0.136. The molecule has 26 heavy (non-hydrogen) atoms. The number of rotatable bonds is 3. The number of para-hydroxylation sites is 1. The number of benzene rings is 3. The van der Waals surface area contributed by atoms with E-state index in [1.165, 1.54) is 0 Å². The molecule has 0 fully saturated rings. The molecule has 1 aliphatic heterocycles. The van der Waals surface area contributed by atoms with Gasteiger partial charge in [-0.1, -0.05) is 105 Å². The Morgan fingerprint density at radius 1 is 0.846 bits per heavy atom. The zero-order valence-electron chi connectivity index (χ0n) is 13.8. The van der Waals surface area contributed by atoms with Gasteiger partial charge in [-0.05, 0) is 23.3 Å². The number of halogens is 2. The molecule has 0 amide bonds. The Balaban J connectivity index is 1.89. The molecular formula is C22H16Br2O2. The fourth-order valence-electron chi connectivity index (χ4n) is 3.35. The van der Waals surface area contributed by atoms with Crippen LogP contribution in [0.4, 0.5) is 0 Å². The van der Waals surface area contributed by atoms with E-state index in [0.717, 1.165) is 11.1 Å². The Hall–Kier alpha value is -1.91. The molecule has 1 aliphatic rings. The summed E-state index contributed by atoms with van der Waals surface area (Å²) >= 11 is 7.60. The van der Waals surface area contributed by atoms with Gasteiger partial charge in [-0.2, -0.15) is 0 Å². The maximum atomic E-state index is 13.6. The van der Waals surface area contributed by atoms with E-state index in [1.54, 1.807) is 0 Å². The number of fused-ring (bicyclic) bond motifs is 1. The predicted molar refractivity (Wildman–Crippen MR) is 110 cm³/mol. The molecule has 0 N–H and O–H groups in total. The summed E-state index contributed by atoms with van der Waals surface area (Å²) in [5.41, 5.74) is 2.56. The van der Waals surface area contributed by atoms with Crippen LogP contribution < -0.4 is 4.74 Å². The van der Waals surface area contributed by atoms with Crippen LogP contribution >= 0.6 is 31.9 Å². The molecule has 4 heteroatoms. The maximum absolute atomic E-state index is 13.6. The number of carbonyl (C=O) groups excluding carboxylic acids is 1. The quantitative estimate of drug-likeness (QED) is 0.420. The molecular weight excluding hydrogens is 456 g/mol. The molecule has 0 aliphatic carbocycles. The number of Topliss-reactive ketones (excluding diaryl/α,β-unsaturated/α-hetero) is 1. The Labute approximate surface area is 169 Å². The minimum atomic E-state index is -0.968. The van der Waals surface area contributed by atoms with Crippen LogP contribution in [0.15, 0.2) is 84.9 Å². The van der Waals surface area contributed by atoms with Crippen LogP contribution in [0, 0.1) is 0 Å². The molecule has 0 saturated carbocycles. The van der Waals surface area contributed by atoms with E-state index in [0.29, 0.717) is 11.3 Å². The molecule has 3 aromatic carbocycles. The predicted octanol–water partition coefficient (Wildman–Crippen LogP) is 6.27. The lowest BCUT2D eigenvalue weighted by atomic mass is 9.81. The summed E-state index contributed by atoms with van der Waals surface area (Å²) in [5, 5.41) is 0. The van der Waals surface area contributed by atoms with Gasteiger partial charge in [0, 0.05) is 0 Å². The van der Waals surface area contributed by atoms with Gasteiger partial charge in [0.25, 0.3) is 0 Å². The molecule has 130 valence electrons. The third kappa shape index (κ3) is 2.81. The van der Waals surface area contributed by atoms with E-state index in [9.17, 15) is 4.79 Å². The lowest BCUT2D eigenvalue weighted by Crippen LogP contribution is -2.47. The Morgan fingerprint density at radius 3 is 2.12 bits per heavy atom. The first-order valence-corrected chi connectivity index (χ1v) is 10.1. The van der Waals surface area contributed by atoms with Gasteiger partial charge in [0.05, 0.1) is 10.4 Å². The molecule has 0 saturated heterocycles. The summed E-state index contributed by atoms with van der Waals surface area (Å²) < 4.78 is 5.38. The average Bonchev–Trinajstić information content (AvgIpc) is 2.71. The molecule has 0 spiro atoms. The molecule has 0 radical (unpaired) electrons. The summed E-state index contributed by atoms with van der Waals surface area (Å²) in [6.45, 7) is 0. The smallest absolute Gasteiger partial charge is 0.188 e. The number of ether oxygens (including phenoxy) is 1. The highest BCUT2D eigenvalue weighted by Gasteiger charge is 2.55. The normalized spacial score (nSPS) is 23.0. The molecule has 3 atom stereocenters. The van der Waals surface area contributed by atoms with Crippen LogP contribution in [0.25, 0.3) is 0 Å². The van der Waals surface area contributed by atoms with Crippen molar-refractivity contribution >= 4 is 37.6 Å². The van der Waals surface area contributed by atoms with Gasteiger partial charge in [0.1, 0.15) is 16.2 Å². The van der Waals surface area contributed by atoms with Crippen molar-refractivity contribution in [3.63, 3.8) is 0 Å². The van der Waals surface area contributed by atoms with Gasteiger partial charge in [-0.3, -0.25) is 4.79 Å². The molecule has 1 heterocycles. The number of alkyl halides is 2. The molecule has 0 aromatic heterocycles. The van der Waals surface area contributed by atoms with Crippen molar-refractivity contribution in [1.29, 1.82) is 0 Å². The largest absolute Gasteiger partial charge is 0.483 e. The van der Waals surface area contributed by atoms with Gasteiger partial charge in [-0.15, -0.1) is 0 Å². The lowest BCUT2D eigenvalue weighted by Gasteiger charge is -2.42. The van der Waals surface area contributed by atoms with E-state index in [4.69, 9.17) is 4.74 Å². The van der Waals surface area contributed by atoms with Crippen molar-refractivity contribution in [2.45, 2.75) is 15.3 Å². The SMILES string of the molecule is O=C1c2ccccc2O[C@@H](c2ccccc2)[C@]1(Br)[C@H](Br)c1ccccc1. The average molecular weight is 472 g/mol. The summed E-state index contributed by atoms with van der Waals surface area (Å²) in [6, 6.07) is 27.2. The second-order valence-electron chi connectivity index (χ2n) is 6.28. The van der Waals surface area contributed by atoms with Crippen molar-refractivity contribution in [3.05, 3.63) is 102 Å². The first kappa shape index (κ1) is 17.5. The number of carbonyl (C=O) groups is 1. The first-order chi connectivity index (χ1) is 12.6. The Kier molecular flexibility index (Phi) is 4.72. The van der Waals surface area contributed by atoms with E-state index < -0.39 is 10.4 Å². The van der Waals surface area contributed by atoms with E-state index in [1.807, 2.05) is 84.9 Å². The number of hydrogen-bond acceptors (Lipinski definition) is 2. The third-order valence-electron chi connectivity index (χ3n) is 4.67. The van der Waals surface area contributed by atoms with Crippen LogP contribution in [-0.2, 0) is 0 Å². The molecule has 3 aromatic rings. The zero-order valence-corrected chi connectivity index (χ0v) is 17.0. The minimum Gasteiger partial charge on any atom is -0.483 e. The highest BCUT2D eigenvalue weighted by atomic mass is 79.9.